The lowest BCUT2D eigenvalue weighted by Gasteiger charge is -2.24. The normalized spacial score (nSPS) is 13.0. The number of hydrogen-bond acceptors (Lipinski definition) is 7. The molecule has 0 radical (unpaired) electrons. The van der Waals surface area contributed by atoms with E-state index in [1.54, 1.807) is 0 Å². The fourth-order valence-corrected chi connectivity index (χ4v) is 5.28. The maximum Gasteiger partial charge on any atom is 0.573 e. The summed E-state index contributed by atoms with van der Waals surface area (Å²) in [7, 11) is -4.86. The average Bonchev–Trinajstić information content (AvgIpc) is 3.02. The molecule has 1 aromatic heterocycles. The van der Waals surface area contributed by atoms with Crippen LogP contribution in [0.3, 0.4) is 0 Å². The lowest BCUT2D eigenvalue weighted by atomic mass is 10.3. The van der Waals surface area contributed by atoms with Crippen molar-refractivity contribution >= 4 is 49.8 Å². The van der Waals surface area contributed by atoms with Crippen LogP contribution in [-0.4, -0.2) is 37.8 Å². The lowest BCUT2D eigenvalue weighted by molar-refractivity contribution is -0.274. The summed E-state index contributed by atoms with van der Waals surface area (Å²) in [6, 6.07) is 3.14. The molecule has 1 unspecified atom stereocenters. The van der Waals surface area contributed by atoms with Gasteiger partial charge in [0.25, 0.3) is 21.8 Å². The molecule has 0 saturated heterocycles. The molecule has 0 aliphatic rings. The Morgan fingerprint density at radius 1 is 1.31 bits per heavy atom. The summed E-state index contributed by atoms with van der Waals surface area (Å²) < 4.78 is 66.9. The van der Waals surface area contributed by atoms with Crippen molar-refractivity contribution in [2.45, 2.75) is 24.3 Å². The van der Waals surface area contributed by atoms with Crippen molar-refractivity contribution in [3.63, 3.8) is 0 Å². The van der Waals surface area contributed by atoms with E-state index >= 15 is 0 Å². The Morgan fingerprint density at radius 2 is 1.93 bits per heavy atom. The van der Waals surface area contributed by atoms with Gasteiger partial charge in [0.2, 0.25) is 0 Å². The third kappa shape index (κ3) is 4.98. The number of ether oxygens (including phenoxy) is 1. The standard InChI is InChI=1S/C15H12ClF3N2O6S2/c1-7(22)13(24)21(14-9(12(20)23)4-5-28-14)29(25,26)11-3-2-8(6-10(11)16)27-15(17,18)19/h2-7,22H,1H3,(H2,20,23). The van der Waals surface area contributed by atoms with Crippen molar-refractivity contribution in [2.24, 2.45) is 5.73 Å². The van der Waals surface area contributed by atoms with E-state index in [4.69, 9.17) is 17.3 Å². The molecule has 0 bridgehead atoms. The highest BCUT2D eigenvalue weighted by atomic mass is 35.5. The van der Waals surface area contributed by atoms with Gasteiger partial charge in [0, 0.05) is 6.07 Å². The van der Waals surface area contributed by atoms with Crippen LogP contribution in [0.1, 0.15) is 17.3 Å². The molecule has 0 spiro atoms. The molecule has 158 valence electrons. The van der Waals surface area contributed by atoms with Gasteiger partial charge in [-0.25, -0.2) is 8.42 Å². The Labute approximate surface area is 171 Å². The van der Waals surface area contributed by atoms with E-state index < -0.39 is 55.0 Å². The van der Waals surface area contributed by atoms with Crippen molar-refractivity contribution in [3.05, 3.63) is 40.2 Å². The minimum Gasteiger partial charge on any atom is -0.406 e. The molecular weight excluding hydrogens is 461 g/mol. The molecule has 2 rings (SSSR count). The summed E-state index contributed by atoms with van der Waals surface area (Å²) in [6.45, 7) is 0.990. The molecule has 1 atom stereocenters. The lowest BCUT2D eigenvalue weighted by Crippen LogP contribution is -2.42. The third-order valence-corrected chi connectivity index (χ3v) is 6.50. The second-order valence-electron chi connectivity index (χ2n) is 5.43. The number of thiophene rings is 1. The first kappa shape index (κ1) is 22.9. The van der Waals surface area contributed by atoms with E-state index in [0.29, 0.717) is 29.5 Å². The number of benzene rings is 1. The predicted molar refractivity (Wildman–Crippen MR) is 97.3 cm³/mol. The molecule has 14 heteroatoms. The van der Waals surface area contributed by atoms with Gasteiger partial charge >= 0.3 is 6.36 Å². The Hall–Kier alpha value is -2.35. The largest absolute Gasteiger partial charge is 0.573 e. The van der Waals surface area contributed by atoms with Crippen LogP contribution < -0.4 is 14.8 Å². The summed E-state index contributed by atoms with van der Waals surface area (Å²) in [6.07, 6.45) is -6.84. The van der Waals surface area contributed by atoms with E-state index in [1.807, 2.05) is 0 Å². The van der Waals surface area contributed by atoms with Crippen LogP contribution in [0.4, 0.5) is 18.2 Å². The van der Waals surface area contributed by atoms with Crippen LogP contribution in [0.2, 0.25) is 5.02 Å². The number of anilines is 1. The van der Waals surface area contributed by atoms with Gasteiger partial charge in [-0.1, -0.05) is 11.6 Å². The first-order valence-corrected chi connectivity index (χ1v) is 10.2. The number of carbonyl (C=O) groups is 2. The van der Waals surface area contributed by atoms with Gasteiger partial charge in [-0.15, -0.1) is 24.5 Å². The molecule has 29 heavy (non-hydrogen) atoms. The van der Waals surface area contributed by atoms with E-state index in [-0.39, 0.29) is 9.87 Å². The molecule has 0 saturated carbocycles. The van der Waals surface area contributed by atoms with E-state index in [2.05, 4.69) is 4.74 Å². The molecule has 3 N–H and O–H groups in total. The number of primary amides is 1. The Morgan fingerprint density at radius 3 is 2.41 bits per heavy atom. The SMILES string of the molecule is CC(O)C(=O)N(c1sccc1C(N)=O)S(=O)(=O)c1ccc(OC(F)(F)F)cc1Cl. The molecule has 0 aliphatic heterocycles. The zero-order valence-corrected chi connectivity index (χ0v) is 16.7. The summed E-state index contributed by atoms with van der Waals surface area (Å²) in [5.41, 5.74) is 4.87. The monoisotopic (exact) mass is 472 g/mol. The first-order valence-electron chi connectivity index (χ1n) is 7.45. The van der Waals surface area contributed by atoms with Crippen molar-refractivity contribution < 1.29 is 41.0 Å². The number of amides is 2. The number of nitrogens with two attached hydrogens (primary N) is 1. The molecule has 0 aliphatic carbocycles. The maximum atomic E-state index is 13.1. The fourth-order valence-electron chi connectivity index (χ4n) is 2.13. The molecule has 1 heterocycles. The summed E-state index contributed by atoms with van der Waals surface area (Å²) in [5, 5.41) is 9.82. The van der Waals surface area contributed by atoms with Crippen LogP contribution in [0.5, 0.6) is 5.75 Å². The number of rotatable bonds is 6. The van der Waals surface area contributed by atoms with Gasteiger partial charge in [-0.05, 0) is 30.5 Å². The van der Waals surface area contributed by atoms with Crippen LogP contribution in [0.25, 0.3) is 0 Å². The second-order valence-corrected chi connectivity index (χ2v) is 8.48. The van der Waals surface area contributed by atoms with Crippen LogP contribution in [0, 0.1) is 0 Å². The molecule has 8 nitrogen and oxygen atoms in total. The van der Waals surface area contributed by atoms with E-state index in [1.165, 1.54) is 11.4 Å². The molecule has 1 aromatic carbocycles. The van der Waals surface area contributed by atoms with Gasteiger partial charge in [0.15, 0.2) is 0 Å². The summed E-state index contributed by atoms with van der Waals surface area (Å²) >= 11 is 6.49. The Kier molecular flexibility index (Phi) is 6.47. The minimum absolute atomic E-state index is 0.133. The molecule has 2 amide bonds. The van der Waals surface area contributed by atoms with Crippen LogP contribution in [0.15, 0.2) is 34.5 Å². The quantitative estimate of drug-likeness (QED) is 0.665. The minimum atomic E-state index is -5.04. The number of aliphatic hydroxyl groups excluding tert-OH is 1. The van der Waals surface area contributed by atoms with Gasteiger partial charge in [-0.3, -0.25) is 9.59 Å². The number of halogens is 4. The highest BCUT2D eigenvalue weighted by Gasteiger charge is 2.38. The van der Waals surface area contributed by atoms with Crippen LogP contribution >= 0.6 is 22.9 Å². The summed E-state index contributed by atoms with van der Waals surface area (Å²) in [4.78, 5) is 23.3. The van der Waals surface area contributed by atoms with Crippen molar-refractivity contribution in [3.8, 4) is 5.75 Å². The maximum absolute atomic E-state index is 13.1. The van der Waals surface area contributed by atoms with Gasteiger partial charge < -0.3 is 15.6 Å². The molecular formula is C15H12ClF3N2O6S2. The second kappa shape index (κ2) is 8.18. The topological polar surface area (TPSA) is 127 Å². The fraction of sp³-hybridized carbons (Fsp3) is 0.200. The van der Waals surface area contributed by atoms with Gasteiger partial charge in [0.1, 0.15) is 21.8 Å². The average molecular weight is 473 g/mol. The number of nitrogens with zero attached hydrogens (tertiary/aromatic N) is 1. The first-order chi connectivity index (χ1) is 13.3. The predicted octanol–water partition coefficient (Wildman–Crippen LogP) is 2.50. The van der Waals surface area contributed by atoms with Crippen molar-refractivity contribution in [1.29, 1.82) is 0 Å². The van der Waals surface area contributed by atoms with Crippen molar-refractivity contribution in [1.82, 2.24) is 0 Å². The Balaban J connectivity index is 2.63. The van der Waals surface area contributed by atoms with Crippen molar-refractivity contribution in [2.75, 3.05) is 4.31 Å². The number of carbonyl (C=O) groups excluding carboxylic acids is 2. The number of alkyl halides is 3. The third-order valence-electron chi connectivity index (χ3n) is 3.31. The smallest absolute Gasteiger partial charge is 0.406 e. The number of hydrogen-bond donors (Lipinski definition) is 2. The summed E-state index contributed by atoms with van der Waals surface area (Å²) in [5.74, 6) is -3.16. The highest BCUT2D eigenvalue weighted by molar-refractivity contribution is 7.94. The zero-order chi connectivity index (χ0) is 22.1. The number of aliphatic hydroxyl groups is 1. The molecule has 0 fully saturated rings. The van der Waals surface area contributed by atoms with Crippen LogP contribution in [-0.2, 0) is 14.8 Å². The number of sulfonamides is 1. The van der Waals surface area contributed by atoms with Gasteiger partial charge in [-0.2, -0.15) is 4.31 Å². The van der Waals surface area contributed by atoms with E-state index in [9.17, 15) is 36.3 Å². The Bertz CT molecular complexity index is 1050. The highest BCUT2D eigenvalue weighted by Crippen LogP contribution is 2.36. The zero-order valence-electron chi connectivity index (χ0n) is 14.3. The van der Waals surface area contributed by atoms with E-state index in [0.717, 1.165) is 6.92 Å². The van der Waals surface area contributed by atoms with Gasteiger partial charge in [0.05, 0.1) is 10.6 Å². The molecule has 2 aromatic rings.